The smallest absolute Gasteiger partial charge is 0.123 e. The number of halogens is 1. The number of hydrogen-bond acceptors (Lipinski definition) is 1. The fourth-order valence-corrected chi connectivity index (χ4v) is 4.84. The standard InChI is InChI=1S/C19H28FN/c1-5-16(13-6-8-15(20)9-7-13)21-17-12-14-10-11-19(17,4)18(14,2)3/h6-9,14,16-17,21H,5,10-12H2,1-4H3. The van der Waals surface area contributed by atoms with Crippen molar-refractivity contribution in [2.45, 2.75) is 65.5 Å². The lowest BCUT2D eigenvalue weighted by molar-refractivity contribution is 0.114. The van der Waals surface area contributed by atoms with Crippen molar-refractivity contribution >= 4 is 0 Å². The van der Waals surface area contributed by atoms with E-state index in [9.17, 15) is 4.39 Å². The van der Waals surface area contributed by atoms with E-state index < -0.39 is 0 Å². The van der Waals surface area contributed by atoms with E-state index in [4.69, 9.17) is 0 Å². The maximum absolute atomic E-state index is 13.1. The average molecular weight is 289 g/mol. The van der Waals surface area contributed by atoms with Crippen molar-refractivity contribution in [1.82, 2.24) is 5.32 Å². The number of hydrogen-bond donors (Lipinski definition) is 1. The molecule has 3 rings (SSSR count). The van der Waals surface area contributed by atoms with Crippen LogP contribution in [0.2, 0.25) is 0 Å². The quantitative estimate of drug-likeness (QED) is 0.815. The molecule has 0 amide bonds. The Labute approximate surface area is 128 Å². The Morgan fingerprint density at radius 2 is 1.90 bits per heavy atom. The minimum absolute atomic E-state index is 0.151. The van der Waals surface area contributed by atoms with Gasteiger partial charge in [0.1, 0.15) is 5.82 Å². The van der Waals surface area contributed by atoms with Crippen molar-refractivity contribution in [2.24, 2.45) is 16.7 Å². The SMILES string of the molecule is CCC(NC1CC2CCC1(C)C2(C)C)c1ccc(F)cc1. The van der Waals surface area contributed by atoms with Gasteiger partial charge in [-0.3, -0.25) is 0 Å². The van der Waals surface area contributed by atoms with Gasteiger partial charge in [0, 0.05) is 12.1 Å². The fraction of sp³-hybridized carbons (Fsp3) is 0.684. The van der Waals surface area contributed by atoms with E-state index in [2.05, 4.69) is 33.0 Å². The first-order valence-electron chi connectivity index (χ1n) is 8.40. The van der Waals surface area contributed by atoms with Gasteiger partial charge in [0.2, 0.25) is 0 Å². The van der Waals surface area contributed by atoms with Gasteiger partial charge in [0.25, 0.3) is 0 Å². The highest BCUT2D eigenvalue weighted by molar-refractivity contribution is 5.21. The van der Waals surface area contributed by atoms with Crippen LogP contribution in [0.4, 0.5) is 4.39 Å². The summed E-state index contributed by atoms with van der Waals surface area (Å²) in [5.41, 5.74) is 2.04. The molecule has 2 aliphatic rings. The van der Waals surface area contributed by atoms with Crippen LogP contribution in [0, 0.1) is 22.6 Å². The van der Waals surface area contributed by atoms with E-state index in [1.165, 1.54) is 24.8 Å². The highest BCUT2D eigenvalue weighted by Gasteiger charge is 2.61. The largest absolute Gasteiger partial charge is 0.307 e. The van der Waals surface area contributed by atoms with Crippen LogP contribution in [0.5, 0.6) is 0 Å². The third-order valence-electron chi connectivity index (χ3n) is 6.88. The molecule has 2 aliphatic carbocycles. The van der Waals surface area contributed by atoms with Crippen molar-refractivity contribution in [2.75, 3.05) is 0 Å². The molecule has 1 nitrogen and oxygen atoms in total. The van der Waals surface area contributed by atoms with E-state index in [1.807, 2.05) is 12.1 Å². The zero-order chi connectivity index (χ0) is 15.3. The van der Waals surface area contributed by atoms with Crippen LogP contribution in [0.25, 0.3) is 0 Å². The summed E-state index contributed by atoms with van der Waals surface area (Å²) in [6.07, 6.45) is 5.06. The third-order valence-corrected chi connectivity index (χ3v) is 6.88. The van der Waals surface area contributed by atoms with E-state index in [0.29, 0.717) is 22.9 Å². The van der Waals surface area contributed by atoms with Crippen molar-refractivity contribution < 1.29 is 4.39 Å². The van der Waals surface area contributed by atoms with Gasteiger partial charge < -0.3 is 5.32 Å². The summed E-state index contributed by atoms with van der Waals surface area (Å²) in [4.78, 5) is 0. The summed E-state index contributed by atoms with van der Waals surface area (Å²) in [7, 11) is 0. The Morgan fingerprint density at radius 3 is 2.38 bits per heavy atom. The molecular formula is C19H28FN. The van der Waals surface area contributed by atoms with Gasteiger partial charge in [0.05, 0.1) is 0 Å². The molecule has 1 aromatic carbocycles. The molecule has 2 saturated carbocycles. The molecule has 0 spiro atoms. The number of benzene rings is 1. The lowest BCUT2D eigenvalue weighted by Crippen LogP contribution is -2.45. The Bertz CT molecular complexity index is 507. The molecule has 21 heavy (non-hydrogen) atoms. The third kappa shape index (κ3) is 2.23. The topological polar surface area (TPSA) is 12.0 Å². The molecule has 0 aliphatic heterocycles. The molecule has 0 saturated heterocycles. The van der Waals surface area contributed by atoms with Gasteiger partial charge in [-0.05, 0) is 60.1 Å². The zero-order valence-corrected chi connectivity index (χ0v) is 13.7. The first-order valence-corrected chi connectivity index (χ1v) is 8.40. The molecule has 4 atom stereocenters. The van der Waals surface area contributed by atoms with Crippen LogP contribution in [0.15, 0.2) is 24.3 Å². The molecule has 116 valence electrons. The van der Waals surface area contributed by atoms with E-state index in [0.717, 1.165) is 12.3 Å². The van der Waals surface area contributed by atoms with Crippen LogP contribution in [-0.2, 0) is 0 Å². The van der Waals surface area contributed by atoms with Crippen LogP contribution in [0.3, 0.4) is 0 Å². The number of fused-ring (bicyclic) bond motifs is 2. The fourth-order valence-electron chi connectivity index (χ4n) is 4.84. The van der Waals surface area contributed by atoms with Crippen molar-refractivity contribution in [1.29, 1.82) is 0 Å². The highest BCUT2D eigenvalue weighted by atomic mass is 19.1. The second-order valence-corrected chi connectivity index (χ2v) is 7.84. The summed E-state index contributed by atoms with van der Waals surface area (Å²) < 4.78 is 13.1. The van der Waals surface area contributed by atoms with Gasteiger partial charge in [-0.1, -0.05) is 39.8 Å². The molecule has 4 unspecified atom stereocenters. The Kier molecular flexibility index (Phi) is 3.64. The van der Waals surface area contributed by atoms with Gasteiger partial charge in [0.15, 0.2) is 0 Å². The second-order valence-electron chi connectivity index (χ2n) is 7.84. The van der Waals surface area contributed by atoms with Gasteiger partial charge in [-0.25, -0.2) is 4.39 Å². The van der Waals surface area contributed by atoms with Crippen molar-refractivity contribution in [3.63, 3.8) is 0 Å². The van der Waals surface area contributed by atoms with Crippen LogP contribution < -0.4 is 5.32 Å². The lowest BCUT2D eigenvalue weighted by Gasteiger charge is -2.41. The molecule has 2 fully saturated rings. The van der Waals surface area contributed by atoms with E-state index in [1.54, 1.807) is 12.1 Å². The molecular weight excluding hydrogens is 261 g/mol. The molecule has 0 aromatic heterocycles. The molecule has 1 N–H and O–H groups in total. The first kappa shape index (κ1) is 15.0. The maximum Gasteiger partial charge on any atom is 0.123 e. The van der Waals surface area contributed by atoms with Crippen LogP contribution >= 0.6 is 0 Å². The normalized spacial score (nSPS) is 35.1. The summed E-state index contributed by atoms with van der Waals surface area (Å²) in [5, 5.41) is 3.91. The molecule has 2 heteroatoms. The zero-order valence-electron chi connectivity index (χ0n) is 13.7. The first-order chi connectivity index (χ1) is 9.88. The van der Waals surface area contributed by atoms with Crippen LogP contribution in [-0.4, -0.2) is 6.04 Å². The highest BCUT2D eigenvalue weighted by Crippen LogP contribution is 2.65. The predicted octanol–water partition coefficient (Wildman–Crippen LogP) is 5.08. The average Bonchev–Trinajstić information content (AvgIpc) is 2.79. The maximum atomic E-state index is 13.1. The van der Waals surface area contributed by atoms with E-state index in [-0.39, 0.29) is 5.82 Å². The number of nitrogens with one attached hydrogen (secondary N) is 1. The summed E-state index contributed by atoms with van der Waals surface area (Å²) in [6, 6.07) is 7.93. The second kappa shape index (κ2) is 5.08. The van der Waals surface area contributed by atoms with Crippen molar-refractivity contribution in [3.05, 3.63) is 35.6 Å². The lowest BCUT2D eigenvalue weighted by atomic mass is 9.69. The summed E-state index contributed by atoms with van der Waals surface area (Å²) in [5.74, 6) is 0.701. The van der Waals surface area contributed by atoms with Gasteiger partial charge in [-0.15, -0.1) is 0 Å². The Hall–Kier alpha value is -0.890. The minimum Gasteiger partial charge on any atom is -0.307 e. The molecule has 0 heterocycles. The monoisotopic (exact) mass is 289 g/mol. The molecule has 2 bridgehead atoms. The molecule has 0 radical (unpaired) electrons. The van der Waals surface area contributed by atoms with Gasteiger partial charge in [-0.2, -0.15) is 0 Å². The number of rotatable bonds is 4. The van der Waals surface area contributed by atoms with Crippen LogP contribution in [0.1, 0.15) is 65.0 Å². The molecule has 1 aromatic rings. The predicted molar refractivity (Wildman–Crippen MR) is 85.6 cm³/mol. The summed E-state index contributed by atoms with van der Waals surface area (Å²) >= 11 is 0. The Morgan fingerprint density at radius 1 is 1.24 bits per heavy atom. The van der Waals surface area contributed by atoms with Crippen molar-refractivity contribution in [3.8, 4) is 0 Å². The van der Waals surface area contributed by atoms with Gasteiger partial charge >= 0.3 is 0 Å². The van der Waals surface area contributed by atoms with E-state index >= 15 is 0 Å². The minimum atomic E-state index is -0.151. The Balaban J connectivity index is 1.78. The summed E-state index contributed by atoms with van der Waals surface area (Å²) in [6.45, 7) is 9.58.